The molecule has 1 aliphatic heterocycles. The van der Waals surface area contributed by atoms with Gasteiger partial charge in [-0.05, 0) is 13.3 Å². The average Bonchev–Trinajstić information content (AvgIpc) is 3.06. The van der Waals surface area contributed by atoms with E-state index in [4.69, 9.17) is 9.47 Å². The lowest BCUT2D eigenvalue weighted by Gasteiger charge is -2.40. The predicted octanol–water partition coefficient (Wildman–Crippen LogP) is 6.05. The fourth-order valence-electron chi connectivity index (χ4n) is 6.32. The summed E-state index contributed by atoms with van der Waals surface area (Å²) >= 11 is 0. The van der Waals surface area contributed by atoms with Gasteiger partial charge in [-0.2, -0.15) is 0 Å². The van der Waals surface area contributed by atoms with E-state index in [0.717, 1.165) is 25.7 Å². The molecule has 1 amide bonds. The van der Waals surface area contributed by atoms with Gasteiger partial charge in [0.25, 0.3) is 0 Å². The highest BCUT2D eigenvalue weighted by Crippen LogP contribution is 2.22. The van der Waals surface area contributed by atoms with Gasteiger partial charge in [-0.3, -0.25) is 4.79 Å². The van der Waals surface area contributed by atoms with E-state index in [1.54, 1.807) is 0 Å². The molecule has 48 heavy (non-hydrogen) atoms. The summed E-state index contributed by atoms with van der Waals surface area (Å²) in [5.74, 6) is -0.282. The molecule has 0 spiro atoms. The molecule has 288 valence electrons. The van der Waals surface area contributed by atoms with Crippen molar-refractivity contribution in [2.75, 3.05) is 13.2 Å². The summed E-state index contributed by atoms with van der Waals surface area (Å²) in [6.07, 6.45) is 20.6. The lowest BCUT2D eigenvalue weighted by Crippen LogP contribution is -2.60. The summed E-state index contributed by atoms with van der Waals surface area (Å²) in [7, 11) is 0. The van der Waals surface area contributed by atoms with Gasteiger partial charge in [0, 0.05) is 6.42 Å². The maximum atomic E-state index is 12.6. The van der Waals surface area contributed by atoms with Gasteiger partial charge in [-0.1, -0.05) is 156 Å². The van der Waals surface area contributed by atoms with Crippen molar-refractivity contribution in [3.8, 4) is 0 Å². The number of ether oxygens (including phenoxy) is 2. The summed E-state index contributed by atoms with van der Waals surface area (Å²) in [4.78, 5) is 12.6. The highest BCUT2D eigenvalue weighted by Gasteiger charge is 2.44. The van der Waals surface area contributed by atoms with Crippen LogP contribution < -0.4 is 5.32 Å². The Morgan fingerprint density at radius 1 is 0.667 bits per heavy atom. The van der Waals surface area contributed by atoms with Crippen LogP contribution in [-0.4, -0.2) is 98.7 Å². The van der Waals surface area contributed by atoms with Gasteiger partial charge in [-0.25, -0.2) is 0 Å². The molecule has 0 saturated carbocycles. The first kappa shape index (κ1) is 47.1. The second kappa shape index (κ2) is 30.9. The number of carbonyl (C=O) groups excluding carboxylic acids is 1. The Balaban J connectivity index is 0.0000221. The Labute approximate surface area is 293 Å². The van der Waals surface area contributed by atoms with E-state index in [0.29, 0.717) is 0 Å². The van der Waals surface area contributed by atoms with Crippen LogP contribution in [0.2, 0.25) is 0 Å². The van der Waals surface area contributed by atoms with Gasteiger partial charge in [-0.15, -0.1) is 0 Å². The number of unbranched alkanes of at least 4 members (excludes halogenated alkanes) is 22. The second-order valence-electron chi connectivity index (χ2n) is 14.0. The van der Waals surface area contributed by atoms with Crippen molar-refractivity contribution in [1.29, 1.82) is 0 Å². The Bertz CT molecular complexity index is 726. The quantitative estimate of drug-likeness (QED) is 0.0428. The Morgan fingerprint density at radius 2 is 1.06 bits per heavy atom. The molecule has 10 heteroatoms. The molecule has 0 aromatic carbocycles. The summed E-state index contributed by atoms with van der Waals surface area (Å²) in [5.41, 5.74) is 0. The van der Waals surface area contributed by atoms with E-state index < -0.39 is 55.6 Å². The normalized spacial score (nSPS) is 23.0. The maximum absolute atomic E-state index is 12.6. The van der Waals surface area contributed by atoms with Crippen LogP contribution >= 0.6 is 0 Å². The monoisotopic (exact) mass is 692 g/mol. The molecule has 1 rings (SSSR count). The smallest absolute Gasteiger partial charge is 0.220 e. The molecule has 5 unspecified atom stereocenters. The van der Waals surface area contributed by atoms with Crippen LogP contribution in [0.3, 0.4) is 0 Å². The van der Waals surface area contributed by atoms with Gasteiger partial charge >= 0.3 is 0 Å². The molecule has 7 N–H and O–H groups in total. The summed E-state index contributed by atoms with van der Waals surface area (Å²) < 4.78 is 10.8. The fourth-order valence-corrected chi connectivity index (χ4v) is 6.32. The molecule has 1 fully saturated rings. The summed E-state index contributed by atoms with van der Waals surface area (Å²) in [6.45, 7) is 2.75. The van der Waals surface area contributed by atoms with Gasteiger partial charge in [0.1, 0.15) is 30.5 Å². The Hall–Kier alpha value is -0.850. The number of rotatable bonds is 31. The third kappa shape index (κ3) is 22.1. The number of amides is 1. The van der Waals surface area contributed by atoms with Gasteiger partial charge in [0.2, 0.25) is 5.91 Å². The SMILES string of the molecule is C.CCCCCCCCCCCCCCCCCCCCCCCCCC(=O)N[C@@H](COC1OC(CO)C(O)C(O)C1O)[C@H](O)[C@@H](C)O. The Kier molecular flexibility index (Phi) is 30.4. The first-order valence-electron chi connectivity index (χ1n) is 19.3. The zero-order valence-corrected chi connectivity index (χ0v) is 29.9. The van der Waals surface area contributed by atoms with Crippen LogP contribution in [0.1, 0.15) is 175 Å². The van der Waals surface area contributed by atoms with Crippen molar-refractivity contribution >= 4 is 5.91 Å². The highest BCUT2D eigenvalue weighted by atomic mass is 16.7. The number of nitrogens with one attached hydrogen (secondary N) is 1. The molecule has 0 aromatic heterocycles. The van der Waals surface area contributed by atoms with Gasteiger partial charge < -0.3 is 45.4 Å². The fraction of sp³-hybridized carbons (Fsp3) is 0.974. The average molecular weight is 692 g/mol. The van der Waals surface area contributed by atoms with E-state index in [1.165, 1.54) is 129 Å². The predicted molar refractivity (Wildman–Crippen MR) is 193 cm³/mol. The maximum Gasteiger partial charge on any atom is 0.220 e. The largest absolute Gasteiger partial charge is 0.394 e. The van der Waals surface area contributed by atoms with E-state index in [2.05, 4.69) is 12.2 Å². The molecule has 1 aliphatic rings. The zero-order valence-electron chi connectivity index (χ0n) is 29.9. The van der Waals surface area contributed by atoms with E-state index >= 15 is 0 Å². The number of hydrogen-bond donors (Lipinski definition) is 7. The molecule has 8 atom stereocenters. The standard InChI is InChI=1S/C37H73NO9.CH4/c1-3-4-5-6-7-8-9-10-11-12-13-14-15-16-17-18-19-20-21-22-23-24-25-26-32(41)38-30(33(42)29(2)40)28-46-37-36(45)35(44)34(43)31(27-39)47-37;/h29-31,33-37,39-40,42-45H,3-28H2,1-2H3,(H,38,41);1H4/t29-,30+,31?,33-,34?,35?,36?,37?;/m1./s1. The highest BCUT2D eigenvalue weighted by molar-refractivity contribution is 5.76. The summed E-state index contributed by atoms with van der Waals surface area (Å²) in [5, 5.41) is 62.3. The van der Waals surface area contributed by atoms with Crippen molar-refractivity contribution in [1.82, 2.24) is 5.32 Å². The van der Waals surface area contributed by atoms with Crippen LogP contribution in [0.25, 0.3) is 0 Å². The molecule has 10 nitrogen and oxygen atoms in total. The van der Waals surface area contributed by atoms with Crippen molar-refractivity contribution in [3.63, 3.8) is 0 Å². The van der Waals surface area contributed by atoms with Crippen molar-refractivity contribution in [3.05, 3.63) is 0 Å². The molecule has 0 bridgehead atoms. The van der Waals surface area contributed by atoms with E-state index in [9.17, 15) is 35.4 Å². The van der Waals surface area contributed by atoms with E-state index in [1.807, 2.05) is 0 Å². The van der Waals surface area contributed by atoms with Crippen molar-refractivity contribution in [2.24, 2.45) is 0 Å². The molecular formula is C38H77NO9. The van der Waals surface area contributed by atoms with Gasteiger partial charge in [0.05, 0.1) is 25.4 Å². The second-order valence-corrected chi connectivity index (χ2v) is 14.0. The first-order valence-corrected chi connectivity index (χ1v) is 19.3. The lowest BCUT2D eigenvalue weighted by atomic mass is 9.99. The minimum Gasteiger partial charge on any atom is -0.394 e. The molecule has 0 aliphatic carbocycles. The molecule has 1 heterocycles. The number of aliphatic hydroxyl groups excluding tert-OH is 6. The minimum atomic E-state index is -1.60. The number of carbonyl (C=O) groups is 1. The third-order valence-corrected chi connectivity index (χ3v) is 9.55. The van der Waals surface area contributed by atoms with Crippen molar-refractivity contribution < 1.29 is 44.9 Å². The Morgan fingerprint density at radius 3 is 1.44 bits per heavy atom. The lowest BCUT2D eigenvalue weighted by molar-refractivity contribution is -0.303. The molecule has 0 aromatic rings. The van der Waals surface area contributed by atoms with Crippen LogP contribution in [0.5, 0.6) is 0 Å². The van der Waals surface area contributed by atoms with Crippen LogP contribution in [-0.2, 0) is 14.3 Å². The first-order chi connectivity index (χ1) is 22.7. The zero-order chi connectivity index (χ0) is 34.7. The van der Waals surface area contributed by atoms with Crippen LogP contribution in [0.4, 0.5) is 0 Å². The van der Waals surface area contributed by atoms with Crippen LogP contribution in [0, 0.1) is 0 Å². The molecular weight excluding hydrogens is 614 g/mol. The molecule has 1 saturated heterocycles. The minimum absolute atomic E-state index is 0. The van der Waals surface area contributed by atoms with E-state index in [-0.39, 0.29) is 26.4 Å². The summed E-state index contributed by atoms with van der Waals surface area (Å²) in [6, 6.07) is -0.987. The molecule has 0 radical (unpaired) electrons. The number of hydrogen-bond acceptors (Lipinski definition) is 9. The number of aliphatic hydroxyl groups is 6. The van der Waals surface area contributed by atoms with Gasteiger partial charge in [0.15, 0.2) is 6.29 Å². The van der Waals surface area contributed by atoms with Crippen molar-refractivity contribution in [2.45, 2.75) is 224 Å². The third-order valence-electron chi connectivity index (χ3n) is 9.55. The topological polar surface area (TPSA) is 169 Å². The van der Waals surface area contributed by atoms with Crippen LogP contribution in [0.15, 0.2) is 0 Å².